The molecule has 1 saturated heterocycles. The summed E-state index contributed by atoms with van der Waals surface area (Å²) in [6.45, 7) is 15.9. The number of ether oxygens (including phenoxy) is 4. The maximum Gasteiger partial charge on any atom is 0.357 e. The number of rotatable bonds is 11. The van der Waals surface area contributed by atoms with Crippen LogP contribution < -0.4 is 9.70 Å². The Kier molecular flexibility index (Phi) is 11.0. The molecule has 0 atom stereocenters. The van der Waals surface area contributed by atoms with Crippen LogP contribution >= 0.6 is 11.3 Å². The molecule has 4 aromatic rings. The van der Waals surface area contributed by atoms with Crippen molar-refractivity contribution < 1.29 is 28.5 Å². The third kappa shape index (κ3) is 8.96. The normalized spacial score (nSPS) is 15.9. The van der Waals surface area contributed by atoms with E-state index in [2.05, 4.69) is 30.6 Å². The standard InChI is InChI=1S/C38H48N4O6SSi/c1-38(2,3)48-36(44)34-27(15-17-33-46-20-21-47-33)14-16-32(39-34)41-19-18-26-10-9-11-28(29(26)24-41)35(43)40-37-42(25-45-22-23-50(4,5)6)30-12-7-8-13-31(30)49-37/h7-14,16,33H,15,17-25H2,1-6H3/b40-37-. The van der Waals surface area contributed by atoms with Gasteiger partial charge in [-0.05, 0) is 80.6 Å². The van der Waals surface area contributed by atoms with Gasteiger partial charge in [0.1, 0.15) is 18.1 Å². The maximum atomic E-state index is 14.0. The zero-order valence-electron chi connectivity index (χ0n) is 30.0. The average Bonchev–Trinajstić information content (AvgIpc) is 3.71. The van der Waals surface area contributed by atoms with Gasteiger partial charge in [-0.2, -0.15) is 4.99 Å². The van der Waals surface area contributed by atoms with Crippen LogP contribution in [0, 0.1) is 0 Å². The fourth-order valence-electron chi connectivity index (χ4n) is 6.09. The van der Waals surface area contributed by atoms with Crippen molar-refractivity contribution in [3.05, 3.63) is 87.3 Å². The van der Waals surface area contributed by atoms with Gasteiger partial charge in [0.05, 0.1) is 23.4 Å². The molecule has 6 rings (SSSR count). The summed E-state index contributed by atoms with van der Waals surface area (Å²) in [5, 5.41) is 0. The number of fused-ring (bicyclic) bond motifs is 2. The van der Waals surface area contributed by atoms with E-state index in [1.807, 2.05) is 73.9 Å². The van der Waals surface area contributed by atoms with Crippen LogP contribution in [0.15, 0.2) is 59.6 Å². The molecule has 2 aromatic carbocycles. The molecule has 0 aliphatic carbocycles. The Hall–Kier alpha value is -3.68. The summed E-state index contributed by atoms with van der Waals surface area (Å²) in [6.07, 6.45) is 1.63. The van der Waals surface area contributed by atoms with Gasteiger partial charge in [0.25, 0.3) is 5.91 Å². The molecule has 0 spiro atoms. The number of amides is 1. The molecule has 2 aliphatic rings. The Balaban J connectivity index is 1.27. The number of carbonyl (C=O) groups excluding carboxylic acids is 2. The largest absolute Gasteiger partial charge is 0.455 e. The molecule has 12 heteroatoms. The summed E-state index contributed by atoms with van der Waals surface area (Å²) in [5.41, 5.74) is 4.01. The monoisotopic (exact) mass is 716 g/mol. The van der Waals surface area contributed by atoms with Crippen molar-refractivity contribution in [3.8, 4) is 0 Å². The molecular formula is C38H48N4O6SSi. The fourth-order valence-corrected chi connectivity index (χ4v) is 7.87. The highest BCUT2D eigenvalue weighted by molar-refractivity contribution is 7.16. The van der Waals surface area contributed by atoms with E-state index in [-0.39, 0.29) is 12.2 Å². The van der Waals surface area contributed by atoms with Gasteiger partial charge in [0.2, 0.25) is 0 Å². The summed E-state index contributed by atoms with van der Waals surface area (Å²) < 4.78 is 26.2. The first-order chi connectivity index (χ1) is 23.8. The highest BCUT2D eigenvalue weighted by atomic mass is 32.1. The lowest BCUT2D eigenvalue weighted by molar-refractivity contribution is -0.0463. The first kappa shape index (κ1) is 36.1. The molecule has 266 valence electrons. The van der Waals surface area contributed by atoms with E-state index < -0.39 is 19.6 Å². The number of aryl methyl sites for hydroxylation is 1. The van der Waals surface area contributed by atoms with Gasteiger partial charge >= 0.3 is 5.97 Å². The van der Waals surface area contributed by atoms with Gasteiger partial charge in [-0.15, -0.1) is 0 Å². The second-order valence-corrected chi connectivity index (χ2v) is 21.7. The first-order valence-electron chi connectivity index (χ1n) is 17.4. The van der Waals surface area contributed by atoms with Gasteiger partial charge in [-0.25, -0.2) is 9.78 Å². The topological polar surface area (TPSA) is 104 Å². The quantitative estimate of drug-likeness (QED) is 0.0932. The molecule has 2 aromatic heterocycles. The molecule has 10 nitrogen and oxygen atoms in total. The lowest BCUT2D eigenvalue weighted by Crippen LogP contribution is -2.33. The molecular weight excluding hydrogens is 669 g/mol. The van der Waals surface area contributed by atoms with Crippen molar-refractivity contribution in [1.29, 1.82) is 0 Å². The molecule has 2 aliphatic heterocycles. The minimum Gasteiger partial charge on any atom is -0.455 e. The van der Waals surface area contributed by atoms with Crippen molar-refractivity contribution >= 4 is 47.3 Å². The van der Waals surface area contributed by atoms with Gasteiger partial charge in [-0.1, -0.05) is 61.3 Å². The molecule has 0 radical (unpaired) electrons. The molecule has 1 fully saturated rings. The number of benzene rings is 2. The van der Waals surface area contributed by atoms with Crippen molar-refractivity contribution in [1.82, 2.24) is 9.55 Å². The molecule has 4 heterocycles. The van der Waals surface area contributed by atoms with Crippen molar-refractivity contribution in [2.75, 3.05) is 31.3 Å². The summed E-state index contributed by atoms with van der Waals surface area (Å²) in [4.78, 5) is 39.7. The zero-order chi connectivity index (χ0) is 35.5. The Morgan fingerprint density at radius 1 is 1.04 bits per heavy atom. The van der Waals surface area contributed by atoms with Crippen LogP contribution in [0.5, 0.6) is 0 Å². The number of thiazole rings is 1. The van der Waals surface area contributed by atoms with Gasteiger partial charge in [0, 0.05) is 39.8 Å². The van der Waals surface area contributed by atoms with Crippen LogP contribution in [0.3, 0.4) is 0 Å². The number of hydrogen-bond acceptors (Lipinski definition) is 9. The number of anilines is 1. The second-order valence-electron chi connectivity index (χ2n) is 15.0. The van der Waals surface area contributed by atoms with E-state index >= 15 is 0 Å². The summed E-state index contributed by atoms with van der Waals surface area (Å²) >= 11 is 1.49. The third-order valence-corrected chi connectivity index (χ3v) is 11.5. The highest BCUT2D eigenvalue weighted by Gasteiger charge is 2.27. The van der Waals surface area contributed by atoms with Crippen LogP contribution in [-0.2, 0) is 45.1 Å². The smallest absolute Gasteiger partial charge is 0.357 e. The van der Waals surface area contributed by atoms with Gasteiger partial charge in [-0.3, -0.25) is 9.36 Å². The summed E-state index contributed by atoms with van der Waals surface area (Å²) in [5.74, 6) is -0.0957. The number of esters is 1. The van der Waals surface area contributed by atoms with Crippen molar-refractivity contribution in [2.24, 2.45) is 4.99 Å². The number of nitrogens with zero attached hydrogens (tertiary/aromatic N) is 4. The van der Waals surface area contributed by atoms with E-state index in [0.717, 1.165) is 39.4 Å². The SMILES string of the molecule is CC(C)(C)OC(=O)c1nc(N2CCc3cccc(C(=O)/N=c4\sc5ccccc5n4COCC[Si](C)(C)C)c3C2)ccc1CCC1OCCO1. The Bertz CT molecular complexity index is 1920. The first-order valence-corrected chi connectivity index (χ1v) is 21.9. The minimum absolute atomic E-state index is 0.286. The van der Waals surface area contributed by atoms with Gasteiger partial charge < -0.3 is 23.8 Å². The molecule has 0 unspecified atom stereocenters. The maximum absolute atomic E-state index is 14.0. The van der Waals surface area contributed by atoms with Gasteiger partial charge in [0.15, 0.2) is 16.8 Å². The molecule has 0 N–H and O–H groups in total. The van der Waals surface area contributed by atoms with Crippen LogP contribution in [0.25, 0.3) is 10.2 Å². The summed E-state index contributed by atoms with van der Waals surface area (Å²) in [7, 11) is -1.24. The molecule has 50 heavy (non-hydrogen) atoms. The lowest BCUT2D eigenvalue weighted by atomic mass is 9.94. The van der Waals surface area contributed by atoms with E-state index in [4.69, 9.17) is 28.9 Å². The Morgan fingerprint density at radius 3 is 2.58 bits per heavy atom. The number of carbonyl (C=O) groups is 2. The van der Waals surface area contributed by atoms with E-state index in [9.17, 15) is 9.59 Å². The molecule has 1 amide bonds. The van der Waals surface area contributed by atoms with E-state index in [1.165, 1.54) is 11.3 Å². The molecule has 0 bridgehead atoms. The van der Waals surface area contributed by atoms with Crippen LogP contribution in [0.2, 0.25) is 25.7 Å². The number of para-hydroxylation sites is 1. The predicted octanol–water partition coefficient (Wildman–Crippen LogP) is 6.97. The van der Waals surface area contributed by atoms with E-state index in [1.54, 1.807) is 0 Å². The Labute approximate surface area is 299 Å². The number of aromatic nitrogens is 2. The lowest BCUT2D eigenvalue weighted by Gasteiger charge is -2.31. The second kappa shape index (κ2) is 15.3. The van der Waals surface area contributed by atoms with Crippen LogP contribution in [-0.4, -0.2) is 67.8 Å². The predicted molar refractivity (Wildman–Crippen MR) is 198 cm³/mol. The minimum atomic E-state index is -1.24. The average molecular weight is 717 g/mol. The van der Waals surface area contributed by atoms with E-state index in [0.29, 0.717) is 74.4 Å². The van der Waals surface area contributed by atoms with Crippen LogP contribution in [0.4, 0.5) is 5.82 Å². The summed E-state index contributed by atoms with van der Waals surface area (Å²) in [6, 6.07) is 18.9. The van der Waals surface area contributed by atoms with Crippen molar-refractivity contribution in [3.63, 3.8) is 0 Å². The zero-order valence-corrected chi connectivity index (χ0v) is 31.8. The number of hydrogen-bond donors (Lipinski definition) is 0. The third-order valence-electron chi connectivity index (χ3n) is 8.73. The molecule has 0 saturated carbocycles. The fraction of sp³-hybridized carbons (Fsp3) is 0.474. The number of pyridine rings is 1. The Morgan fingerprint density at radius 2 is 1.82 bits per heavy atom. The highest BCUT2D eigenvalue weighted by Crippen LogP contribution is 2.29. The van der Waals surface area contributed by atoms with Crippen LogP contribution in [0.1, 0.15) is 64.7 Å². The van der Waals surface area contributed by atoms with Crippen molar-refractivity contribution in [2.45, 2.75) is 90.9 Å².